The predicted octanol–water partition coefficient (Wildman–Crippen LogP) is 3.36. The van der Waals surface area contributed by atoms with E-state index in [0.717, 1.165) is 17.5 Å². The summed E-state index contributed by atoms with van der Waals surface area (Å²) in [6, 6.07) is 18.2. The molecular formula is C31H39N3O4S. The Bertz CT molecular complexity index is 1190. The van der Waals surface area contributed by atoms with Gasteiger partial charge in [-0.25, -0.2) is 0 Å². The highest BCUT2D eigenvalue weighted by molar-refractivity contribution is 8.02. The molecule has 7 atom stereocenters. The van der Waals surface area contributed by atoms with Crippen molar-refractivity contribution in [3.63, 3.8) is 0 Å². The van der Waals surface area contributed by atoms with Gasteiger partial charge in [-0.05, 0) is 35.8 Å². The van der Waals surface area contributed by atoms with Crippen molar-refractivity contribution in [2.75, 3.05) is 6.61 Å². The second-order valence-corrected chi connectivity index (χ2v) is 13.2. The Kier molecular flexibility index (Phi) is 8.06. The normalized spacial score (nSPS) is 29.9. The molecule has 3 amide bonds. The first-order valence-electron chi connectivity index (χ1n) is 14.0. The number of nitrogens with one attached hydrogen (secondary N) is 2. The molecule has 2 bridgehead atoms. The summed E-state index contributed by atoms with van der Waals surface area (Å²) in [5.41, 5.74) is 1.98. The van der Waals surface area contributed by atoms with Crippen LogP contribution in [0.3, 0.4) is 0 Å². The van der Waals surface area contributed by atoms with Gasteiger partial charge in [-0.3, -0.25) is 14.4 Å². The monoisotopic (exact) mass is 549 g/mol. The minimum absolute atomic E-state index is 0.0195. The molecule has 0 radical (unpaired) electrons. The number of benzene rings is 2. The lowest BCUT2D eigenvalue weighted by atomic mass is 9.66. The molecule has 3 N–H and O–H groups in total. The maximum Gasteiger partial charge on any atom is 0.244 e. The molecule has 2 aromatic rings. The highest BCUT2D eigenvalue weighted by atomic mass is 32.2. The third-order valence-corrected chi connectivity index (χ3v) is 10.8. The molecule has 39 heavy (non-hydrogen) atoms. The van der Waals surface area contributed by atoms with Crippen LogP contribution in [0.25, 0.3) is 0 Å². The summed E-state index contributed by atoms with van der Waals surface area (Å²) in [4.78, 5) is 43.7. The van der Waals surface area contributed by atoms with Gasteiger partial charge >= 0.3 is 0 Å². The van der Waals surface area contributed by atoms with Crippen LogP contribution in [0.5, 0.6) is 0 Å². The quantitative estimate of drug-likeness (QED) is 0.422. The van der Waals surface area contributed by atoms with Crippen molar-refractivity contribution in [1.82, 2.24) is 15.5 Å². The molecule has 3 saturated heterocycles. The maximum atomic E-state index is 14.3. The van der Waals surface area contributed by atoms with Gasteiger partial charge in [0.05, 0.1) is 29.2 Å². The van der Waals surface area contributed by atoms with Crippen molar-refractivity contribution >= 4 is 29.5 Å². The summed E-state index contributed by atoms with van der Waals surface area (Å²) in [7, 11) is 0. The average molecular weight is 550 g/mol. The van der Waals surface area contributed by atoms with Crippen LogP contribution < -0.4 is 10.6 Å². The largest absolute Gasteiger partial charge is 0.394 e. The maximum absolute atomic E-state index is 14.3. The fourth-order valence-corrected chi connectivity index (χ4v) is 9.47. The van der Waals surface area contributed by atoms with Gasteiger partial charge in [0, 0.05) is 18.3 Å². The molecule has 3 unspecified atom stereocenters. The summed E-state index contributed by atoms with van der Waals surface area (Å²) < 4.78 is -0.707. The zero-order valence-electron chi connectivity index (χ0n) is 22.9. The van der Waals surface area contributed by atoms with Gasteiger partial charge < -0.3 is 20.6 Å². The SMILES string of the molecule is CC(C)C[C@H](CO)N1C(=O)[C@@H]2[C@H](C(=O)NCc3ccccc3)[C@@H]3CC(C)C2(S3)C1C(=O)NCc1ccccc1. The number of nitrogens with zero attached hydrogens (tertiary/aromatic N) is 1. The van der Waals surface area contributed by atoms with E-state index in [-0.39, 0.29) is 41.4 Å². The van der Waals surface area contributed by atoms with Crippen LogP contribution in [0.2, 0.25) is 0 Å². The average Bonchev–Trinajstić information content (AvgIpc) is 3.53. The molecule has 0 aromatic heterocycles. The summed E-state index contributed by atoms with van der Waals surface area (Å²) >= 11 is 1.66. The van der Waals surface area contributed by atoms with Crippen LogP contribution in [0.15, 0.2) is 60.7 Å². The van der Waals surface area contributed by atoms with Crippen molar-refractivity contribution in [3.8, 4) is 0 Å². The number of hydrogen-bond donors (Lipinski definition) is 3. The Hall–Kier alpha value is -2.84. The van der Waals surface area contributed by atoms with E-state index in [4.69, 9.17) is 0 Å². The summed E-state index contributed by atoms with van der Waals surface area (Å²) in [6.07, 6.45) is 1.36. The number of aliphatic hydroxyl groups excluding tert-OH is 1. The molecule has 8 heteroatoms. The smallest absolute Gasteiger partial charge is 0.244 e. The summed E-state index contributed by atoms with van der Waals surface area (Å²) in [6.45, 7) is 6.75. The van der Waals surface area contributed by atoms with Crippen molar-refractivity contribution in [2.45, 2.75) is 68.8 Å². The zero-order chi connectivity index (χ0) is 27.7. The lowest BCUT2D eigenvalue weighted by Crippen LogP contribution is -2.58. The van der Waals surface area contributed by atoms with E-state index in [1.54, 1.807) is 16.7 Å². The number of hydrogen-bond acceptors (Lipinski definition) is 5. The van der Waals surface area contributed by atoms with Gasteiger partial charge in [0.25, 0.3) is 0 Å². The summed E-state index contributed by atoms with van der Waals surface area (Å²) in [5, 5.41) is 16.6. The van der Waals surface area contributed by atoms with E-state index in [1.165, 1.54) is 0 Å². The van der Waals surface area contributed by atoms with Crippen LogP contribution in [-0.4, -0.2) is 56.4 Å². The Morgan fingerprint density at radius 1 is 1.00 bits per heavy atom. The minimum atomic E-state index is -0.744. The number of thioether (sulfide) groups is 1. The second kappa shape index (κ2) is 11.3. The fraction of sp³-hybridized carbons (Fsp3) is 0.516. The predicted molar refractivity (Wildman–Crippen MR) is 152 cm³/mol. The molecule has 3 aliphatic rings. The van der Waals surface area contributed by atoms with E-state index < -0.39 is 28.7 Å². The Balaban J connectivity index is 1.46. The highest BCUT2D eigenvalue weighted by Gasteiger charge is 2.76. The third kappa shape index (κ3) is 4.97. The molecule has 3 fully saturated rings. The van der Waals surface area contributed by atoms with Gasteiger partial charge in [0.15, 0.2) is 0 Å². The minimum Gasteiger partial charge on any atom is -0.394 e. The van der Waals surface area contributed by atoms with Crippen LogP contribution in [0.4, 0.5) is 0 Å². The number of fused-ring (bicyclic) bond motifs is 1. The molecule has 0 aliphatic carbocycles. The van der Waals surface area contributed by atoms with E-state index >= 15 is 0 Å². The van der Waals surface area contributed by atoms with Gasteiger partial charge in [-0.1, -0.05) is 81.4 Å². The first-order valence-corrected chi connectivity index (χ1v) is 14.9. The van der Waals surface area contributed by atoms with Crippen molar-refractivity contribution in [1.29, 1.82) is 0 Å². The van der Waals surface area contributed by atoms with E-state index in [1.807, 2.05) is 60.7 Å². The third-order valence-electron chi connectivity index (χ3n) is 8.70. The number of amides is 3. The number of carbonyl (C=O) groups excluding carboxylic acids is 3. The van der Waals surface area contributed by atoms with Crippen LogP contribution in [0.1, 0.15) is 44.7 Å². The Morgan fingerprint density at radius 2 is 1.56 bits per heavy atom. The van der Waals surface area contributed by atoms with Crippen molar-refractivity contribution in [3.05, 3.63) is 71.8 Å². The molecule has 208 valence electrons. The topological polar surface area (TPSA) is 98.7 Å². The zero-order valence-corrected chi connectivity index (χ0v) is 23.7. The number of aliphatic hydroxyl groups is 1. The number of rotatable bonds is 10. The first-order chi connectivity index (χ1) is 18.8. The van der Waals surface area contributed by atoms with Crippen molar-refractivity contribution in [2.24, 2.45) is 23.7 Å². The summed E-state index contributed by atoms with van der Waals surface area (Å²) in [5.74, 6) is -1.30. The number of carbonyl (C=O) groups is 3. The molecular weight excluding hydrogens is 510 g/mol. The molecule has 2 aromatic carbocycles. The molecule has 3 heterocycles. The molecule has 3 aliphatic heterocycles. The van der Waals surface area contributed by atoms with Crippen molar-refractivity contribution < 1.29 is 19.5 Å². The van der Waals surface area contributed by atoms with Gasteiger partial charge in [0.2, 0.25) is 17.7 Å². The first kappa shape index (κ1) is 27.7. The van der Waals surface area contributed by atoms with Crippen LogP contribution in [-0.2, 0) is 27.5 Å². The van der Waals surface area contributed by atoms with Gasteiger partial charge in [-0.2, -0.15) is 0 Å². The second-order valence-electron chi connectivity index (χ2n) is 11.7. The lowest BCUT2D eigenvalue weighted by Gasteiger charge is -2.40. The standard InChI is InChI=1S/C31H39N3O4S/c1-19(2)14-23(18-35)34-27(29(37)33-17-22-12-8-5-9-13-22)31-20(3)15-24(39-31)25(26(31)30(34)38)28(36)32-16-21-10-6-4-7-11-21/h4-13,19-20,23-27,35H,14-18H2,1-3H3,(H,32,36)(H,33,37)/t20?,23-,24+,25-,26+,27?,31?/m1/s1. The highest BCUT2D eigenvalue weighted by Crippen LogP contribution is 2.68. The number of likely N-dealkylation sites (tertiary alicyclic amines) is 1. The van der Waals surface area contributed by atoms with Crippen LogP contribution in [0, 0.1) is 23.7 Å². The van der Waals surface area contributed by atoms with E-state index in [0.29, 0.717) is 19.5 Å². The Labute approximate surface area is 235 Å². The lowest BCUT2D eigenvalue weighted by molar-refractivity contribution is -0.143. The van der Waals surface area contributed by atoms with Gasteiger partial charge in [0.1, 0.15) is 6.04 Å². The molecule has 0 saturated carbocycles. The molecule has 1 spiro atoms. The van der Waals surface area contributed by atoms with E-state index in [9.17, 15) is 19.5 Å². The van der Waals surface area contributed by atoms with E-state index in [2.05, 4.69) is 31.4 Å². The van der Waals surface area contributed by atoms with Gasteiger partial charge in [-0.15, -0.1) is 11.8 Å². The molecule has 5 rings (SSSR count). The Morgan fingerprint density at radius 3 is 2.10 bits per heavy atom. The van der Waals surface area contributed by atoms with Crippen LogP contribution >= 0.6 is 11.8 Å². The molecule has 7 nitrogen and oxygen atoms in total. The fourth-order valence-electron chi connectivity index (χ4n) is 7.06.